The molecule has 0 aliphatic heterocycles. The fourth-order valence-corrected chi connectivity index (χ4v) is 2.65. The summed E-state index contributed by atoms with van der Waals surface area (Å²) in [5.74, 6) is -0.796. The predicted octanol–water partition coefficient (Wildman–Crippen LogP) is 2.68. The minimum atomic E-state index is -0.555. The molecule has 1 saturated carbocycles. The fraction of sp³-hybridized carbons (Fsp3) is 0.500. The molecule has 1 atom stereocenters. The highest BCUT2D eigenvalue weighted by Gasteiger charge is 2.36. The van der Waals surface area contributed by atoms with E-state index >= 15 is 0 Å². The molecule has 0 saturated heterocycles. The van der Waals surface area contributed by atoms with Crippen LogP contribution in [0.2, 0.25) is 5.02 Å². The quantitative estimate of drug-likeness (QED) is 0.836. The average Bonchev–Trinajstić information content (AvgIpc) is 3.31. The number of hydrogen-bond donors (Lipinski definition) is 2. The number of benzene rings is 1. The van der Waals surface area contributed by atoms with Crippen molar-refractivity contribution in [3.05, 3.63) is 34.6 Å². The number of rotatable bonds is 6. The molecule has 7 heteroatoms. The Balaban J connectivity index is 2.09. The lowest BCUT2D eigenvalue weighted by Crippen LogP contribution is -2.50. The van der Waals surface area contributed by atoms with Gasteiger partial charge >= 0.3 is 6.03 Å². The predicted molar refractivity (Wildman–Crippen MR) is 86.7 cm³/mol. The highest BCUT2D eigenvalue weighted by atomic mass is 35.5. The van der Waals surface area contributed by atoms with Gasteiger partial charge in [0.15, 0.2) is 0 Å². The fourth-order valence-electron chi connectivity index (χ4n) is 2.43. The molecule has 3 amide bonds. The third-order valence-corrected chi connectivity index (χ3v) is 4.22. The van der Waals surface area contributed by atoms with E-state index in [0.717, 1.165) is 12.8 Å². The van der Waals surface area contributed by atoms with Gasteiger partial charge in [0, 0.05) is 29.7 Å². The van der Waals surface area contributed by atoms with Crippen LogP contribution in [0.15, 0.2) is 18.2 Å². The van der Waals surface area contributed by atoms with Gasteiger partial charge in [0.05, 0.1) is 6.04 Å². The number of hydrogen-bond acceptors (Lipinski definition) is 3. The van der Waals surface area contributed by atoms with E-state index in [-0.39, 0.29) is 18.4 Å². The van der Waals surface area contributed by atoms with Crippen molar-refractivity contribution in [1.29, 1.82) is 0 Å². The minimum Gasteiger partial charge on any atom is -0.338 e. The van der Waals surface area contributed by atoms with Crippen LogP contribution in [0.25, 0.3) is 0 Å². The van der Waals surface area contributed by atoms with Gasteiger partial charge < -0.3 is 5.32 Å². The minimum absolute atomic E-state index is 0.209. The summed E-state index contributed by atoms with van der Waals surface area (Å²) in [6, 6.07) is 3.66. The van der Waals surface area contributed by atoms with Gasteiger partial charge in [-0.1, -0.05) is 17.7 Å². The van der Waals surface area contributed by atoms with Crippen LogP contribution >= 0.6 is 11.6 Å². The summed E-state index contributed by atoms with van der Waals surface area (Å²) in [4.78, 5) is 25.6. The Morgan fingerprint density at radius 3 is 2.70 bits per heavy atom. The van der Waals surface area contributed by atoms with Crippen LogP contribution in [0.3, 0.4) is 0 Å². The molecule has 2 rings (SSSR count). The number of nitrogens with one attached hydrogen (secondary N) is 2. The monoisotopic (exact) mass is 341 g/mol. The lowest BCUT2D eigenvalue weighted by Gasteiger charge is -2.28. The van der Waals surface area contributed by atoms with Crippen molar-refractivity contribution < 1.29 is 14.0 Å². The Kier molecular flexibility index (Phi) is 5.96. The van der Waals surface area contributed by atoms with Crippen LogP contribution in [0.1, 0.15) is 32.3 Å². The number of urea groups is 1. The molecule has 1 aliphatic carbocycles. The zero-order valence-electron chi connectivity index (χ0n) is 13.2. The third kappa shape index (κ3) is 4.65. The zero-order chi connectivity index (χ0) is 17.0. The third-order valence-electron chi connectivity index (χ3n) is 3.87. The molecule has 0 spiro atoms. The first kappa shape index (κ1) is 17.7. The molecule has 0 aromatic heterocycles. The SMILES string of the molecule is CCNC(=O)NC(=O)C(C)N(Cc1c(F)cccc1Cl)C1CC1. The summed E-state index contributed by atoms with van der Waals surface area (Å²) in [5.41, 5.74) is 0.374. The van der Waals surface area contributed by atoms with Gasteiger partial charge in [-0.05, 0) is 38.8 Å². The molecule has 126 valence electrons. The molecule has 0 radical (unpaired) electrons. The standard InChI is InChI=1S/C16H21ClFN3O2/c1-3-19-16(23)20-15(22)10(2)21(11-7-8-11)9-12-13(17)5-4-6-14(12)18/h4-6,10-11H,3,7-9H2,1-2H3,(H2,19,20,22,23). The largest absolute Gasteiger partial charge is 0.338 e. The van der Waals surface area contributed by atoms with E-state index in [1.807, 2.05) is 4.90 Å². The molecule has 1 aromatic carbocycles. The van der Waals surface area contributed by atoms with Crippen molar-refractivity contribution in [1.82, 2.24) is 15.5 Å². The number of carbonyl (C=O) groups is 2. The van der Waals surface area contributed by atoms with Gasteiger partial charge in [-0.2, -0.15) is 0 Å². The number of amides is 3. The Bertz CT molecular complexity index is 572. The number of halogens is 2. The second kappa shape index (κ2) is 7.75. The normalized spacial score (nSPS) is 15.3. The van der Waals surface area contributed by atoms with Crippen LogP contribution in [0.5, 0.6) is 0 Å². The summed E-state index contributed by atoms with van der Waals surface area (Å²) in [6.07, 6.45) is 1.90. The molecular weight excluding hydrogens is 321 g/mol. The topological polar surface area (TPSA) is 61.4 Å². The van der Waals surface area contributed by atoms with Crippen molar-refractivity contribution in [2.45, 2.75) is 45.3 Å². The molecule has 5 nitrogen and oxygen atoms in total. The average molecular weight is 342 g/mol. The first-order valence-corrected chi connectivity index (χ1v) is 8.09. The molecule has 0 bridgehead atoms. The highest BCUT2D eigenvalue weighted by Crippen LogP contribution is 2.32. The zero-order valence-corrected chi connectivity index (χ0v) is 14.0. The molecular formula is C16H21ClFN3O2. The first-order chi connectivity index (χ1) is 10.9. The van der Waals surface area contributed by atoms with E-state index < -0.39 is 18.0 Å². The Hall–Kier alpha value is -1.66. The van der Waals surface area contributed by atoms with Crippen molar-refractivity contribution >= 4 is 23.5 Å². The van der Waals surface area contributed by atoms with Gasteiger partial charge in [-0.15, -0.1) is 0 Å². The van der Waals surface area contributed by atoms with Crippen LogP contribution in [0.4, 0.5) is 9.18 Å². The summed E-state index contributed by atoms with van der Waals surface area (Å²) in [5, 5.41) is 5.15. The van der Waals surface area contributed by atoms with Crippen molar-refractivity contribution in [3.63, 3.8) is 0 Å². The Morgan fingerprint density at radius 1 is 1.43 bits per heavy atom. The van der Waals surface area contributed by atoms with Crippen LogP contribution in [-0.4, -0.2) is 35.5 Å². The van der Waals surface area contributed by atoms with Crippen LogP contribution in [0, 0.1) is 5.82 Å². The lowest BCUT2D eigenvalue weighted by molar-refractivity contribution is -0.125. The maximum Gasteiger partial charge on any atom is 0.321 e. The smallest absolute Gasteiger partial charge is 0.321 e. The molecule has 1 unspecified atom stereocenters. The van der Waals surface area contributed by atoms with E-state index in [1.165, 1.54) is 6.07 Å². The molecule has 1 aliphatic rings. The van der Waals surface area contributed by atoms with E-state index in [2.05, 4.69) is 10.6 Å². The number of nitrogens with zero attached hydrogens (tertiary/aromatic N) is 1. The molecule has 2 N–H and O–H groups in total. The summed E-state index contributed by atoms with van der Waals surface area (Å²) < 4.78 is 14.0. The van der Waals surface area contributed by atoms with E-state index in [1.54, 1.807) is 26.0 Å². The summed E-state index contributed by atoms with van der Waals surface area (Å²) >= 11 is 6.08. The van der Waals surface area contributed by atoms with E-state index in [4.69, 9.17) is 11.6 Å². The van der Waals surface area contributed by atoms with E-state index in [9.17, 15) is 14.0 Å². The molecule has 0 heterocycles. The van der Waals surface area contributed by atoms with Gasteiger partial charge in [-0.3, -0.25) is 15.0 Å². The van der Waals surface area contributed by atoms with Gasteiger partial charge in [0.2, 0.25) is 5.91 Å². The van der Waals surface area contributed by atoms with Gasteiger partial charge in [-0.25, -0.2) is 9.18 Å². The van der Waals surface area contributed by atoms with Crippen molar-refractivity contribution in [3.8, 4) is 0 Å². The first-order valence-electron chi connectivity index (χ1n) is 7.71. The van der Waals surface area contributed by atoms with Crippen LogP contribution in [-0.2, 0) is 11.3 Å². The maximum absolute atomic E-state index is 14.0. The van der Waals surface area contributed by atoms with Crippen LogP contribution < -0.4 is 10.6 Å². The molecule has 1 aromatic rings. The number of carbonyl (C=O) groups excluding carboxylic acids is 2. The van der Waals surface area contributed by atoms with E-state index in [0.29, 0.717) is 17.1 Å². The Labute approximate surface area is 140 Å². The second-order valence-electron chi connectivity index (χ2n) is 5.63. The van der Waals surface area contributed by atoms with Gasteiger partial charge in [0.25, 0.3) is 0 Å². The van der Waals surface area contributed by atoms with Gasteiger partial charge in [0.1, 0.15) is 5.82 Å². The summed E-state index contributed by atoms with van der Waals surface area (Å²) in [7, 11) is 0. The highest BCUT2D eigenvalue weighted by molar-refractivity contribution is 6.31. The number of imide groups is 1. The Morgan fingerprint density at radius 2 is 2.13 bits per heavy atom. The van der Waals surface area contributed by atoms with Crippen molar-refractivity contribution in [2.75, 3.05) is 6.54 Å². The summed E-state index contributed by atoms with van der Waals surface area (Å²) in [6.45, 7) is 4.15. The second-order valence-corrected chi connectivity index (χ2v) is 6.04. The molecule has 23 heavy (non-hydrogen) atoms. The van der Waals surface area contributed by atoms with Crippen molar-refractivity contribution in [2.24, 2.45) is 0 Å². The lowest BCUT2D eigenvalue weighted by atomic mass is 10.1. The maximum atomic E-state index is 14.0. The molecule has 1 fully saturated rings.